The minimum Gasteiger partial charge on any atom is -0.462 e. The predicted octanol–water partition coefficient (Wildman–Crippen LogP) is 2.79. The Morgan fingerprint density at radius 1 is 0.897 bits per heavy atom. The zero-order valence-corrected chi connectivity index (χ0v) is 19.3. The number of alkyl halides is 1. The first-order valence-electron chi connectivity index (χ1n) is 10.8. The van der Waals surface area contributed by atoms with Crippen LogP contribution in [0.15, 0.2) is 0 Å². The molecule has 7 heteroatoms. The summed E-state index contributed by atoms with van der Waals surface area (Å²) in [6.45, 7) is 10.4. The molecule has 0 saturated carbocycles. The highest BCUT2D eigenvalue weighted by Crippen LogP contribution is 2.31. The Balaban J connectivity index is 3.25. The first kappa shape index (κ1) is 26.3. The Kier molecular flexibility index (Phi) is 10.6. The summed E-state index contributed by atoms with van der Waals surface area (Å²) in [6.07, 6.45) is -2.04. The van der Waals surface area contributed by atoms with Crippen LogP contribution in [-0.2, 0) is 14.3 Å². The molecule has 0 radical (unpaired) electrons. The maximum absolute atomic E-state index is 12.9. The molecular formula is C22H39ClO6. The van der Waals surface area contributed by atoms with E-state index in [0.717, 1.165) is 0 Å². The molecule has 1 aliphatic heterocycles. The fourth-order valence-electron chi connectivity index (χ4n) is 4.38. The lowest BCUT2D eigenvalue weighted by molar-refractivity contribution is -0.166. The number of hydrogen-bond acceptors (Lipinski definition) is 6. The number of ether oxygens (including phenoxy) is 1. The molecule has 6 nitrogen and oxygen atoms in total. The zero-order chi connectivity index (χ0) is 22.5. The second-order valence-electron chi connectivity index (χ2n) is 9.09. The minimum absolute atomic E-state index is 0.0792. The molecule has 10 atom stereocenters. The van der Waals surface area contributed by atoms with E-state index >= 15 is 0 Å². The summed E-state index contributed by atoms with van der Waals surface area (Å²) in [5, 5.41) is 32.2. The van der Waals surface area contributed by atoms with E-state index in [0.29, 0.717) is 25.1 Å². The van der Waals surface area contributed by atoms with Gasteiger partial charge in [-0.15, -0.1) is 11.6 Å². The van der Waals surface area contributed by atoms with E-state index in [1.54, 1.807) is 34.6 Å². The first-order valence-corrected chi connectivity index (χ1v) is 11.3. The average Bonchev–Trinajstić information content (AvgIpc) is 2.71. The zero-order valence-electron chi connectivity index (χ0n) is 18.5. The fourth-order valence-corrected chi connectivity index (χ4v) is 4.54. The van der Waals surface area contributed by atoms with Crippen LogP contribution in [0.3, 0.4) is 0 Å². The van der Waals surface area contributed by atoms with Crippen molar-refractivity contribution in [3.63, 3.8) is 0 Å². The van der Waals surface area contributed by atoms with Crippen molar-refractivity contribution in [2.45, 2.75) is 85.2 Å². The topological polar surface area (TPSA) is 104 Å². The van der Waals surface area contributed by atoms with Crippen LogP contribution in [0, 0.1) is 35.5 Å². The molecule has 1 heterocycles. The smallest absolute Gasteiger partial charge is 0.311 e. The molecule has 0 aromatic heterocycles. The lowest BCUT2D eigenvalue weighted by atomic mass is 9.77. The normalized spacial score (nSPS) is 43.5. The fraction of sp³-hybridized carbons (Fsp3) is 0.909. The molecule has 10 unspecified atom stereocenters. The highest BCUT2D eigenvalue weighted by molar-refractivity contribution is 6.17. The third-order valence-corrected chi connectivity index (χ3v) is 7.00. The van der Waals surface area contributed by atoms with Gasteiger partial charge < -0.3 is 20.1 Å². The van der Waals surface area contributed by atoms with Gasteiger partial charge in [0.1, 0.15) is 11.9 Å². The summed E-state index contributed by atoms with van der Waals surface area (Å²) in [5.74, 6) is -3.31. The van der Waals surface area contributed by atoms with Gasteiger partial charge in [-0.3, -0.25) is 9.59 Å². The Labute approximate surface area is 180 Å². The van der Waals surface area contributed by atoms with Crippen LogP contribution >= 0.6 is 11.6 Å². The summed E-state index contributed by atoms with van der Waals surface area (Å²) in [6, 6.07) is 0. The van der Waals surface area contributed by atoms with Crippen LogP contribution in [0.1, 0.15) is 60.8 Å². The van der Waals surface area contributed by atoms with Crippen LogP contribution in [-0.4, -0.2) is 57.4 Å². The number of carbonyl (C=O) groups is 2. The summed E-state index contributed by atoms with van der Waals surface area (Å²) in [4.78, 5) is 25.6. The first-order chi connectivity index (χ1) is 13.4. The van der Waals surface area contributed by atoms with Gasteiger partial charge in [-0.2, -0.15) is 0 Å². The van der Waals surface area contributed by atoms with Gasteiger partial charge in [0.05, 0.1) is 24.2 Å². The molecule has 0 aromatic carbocycles. The van der Waals surface area contributed by atoms with Crippen molar-refractivity contribution in [1.82, 2.24) is 0 Å². The number of rotatable bonds is 3. The molecule has 0 aromatic rings. The largest absolute Gasteiger partial charge is 0.462 e. The standard InChI is InChI=1S/C22H39ClO6/c1-11-10-12(2)19(25)15(5)21(27)16(6)22(28)29-17(8-7-9-23)13(3)20(26)14(4)18(11)24/h11-17,19-21,25-27H,7-10H2,1-6H3. The van der Waals surface area contributed by atoms with E-state index in [-0.39, 0.29) is 17.6 Å². The second-order valence-corrected chi connectivity index (χ2v) is 9.47. The Morgan fingerprint density at radius 3 is 2.00 bits per heavy atom. The molecule has 0 spiro atoms. The monoisotopic (exact) mass is 434 g/mol. The molecular weight excluding hydrogens is 396 g/mol. The number of aliphatic hydroxyl groups is 3. The maximum atomic E-state index is 12.9. The van der Waals surface area contributed by atoms with Crippen LogP contribution in [0.2, 0.25) is 0 Å². The lowest BCUT2D eigenvalue weighted by Gasteiger charge is -2.36. The van der Waals surface area contributed by atoms with E-state index in [1.165, 1.54) is 0 Å². The third kappa shape index (κ3) is 6.65. The van der Waals surface area contributed by atoms with Gasteiger partial charge >= 0.3 is 5.97 Å². The van der Waals surface area contributed by atoms with E-state index < -0.39 is 54.1 Å². The van der Waals surface area contributed by atoms with Crippen molar-refractivity contribution >= 4 is 23.4 Å². The van der Waals surface area contributed by atoms with Crippen LogP contribution < -0.4 is 0 Å². The van der Waals surface area contributed by atoms with Gasteiger partial charge in [-0.05, 0) is 32.1 Å². The lowest BCUT2D eigenvalue weighted by Crippen LogP contribution is -2.45. The van der Waals surface area contributed by atoms with Crippen LogP contribution in [0.4, 0.5) is 0 Å². The molecule has 1 rings (SSSR count). The predicted molar refractivity (Wildman–Crippen MR) is 112 cm³/mol. The molecule has 0 aliphatic carbocycles. The van der Waals surface area contributed by atoms with E-state index in [9.17, 15) is 24.9 Å². The Hall–Kier alpha value is -0.690. The highest BCUT2D eigenvalue weighted by atomic mass is 35.5. The summed E-state index contributed by atoms with van der Waals surface area (Å²) < 4.78 is 5.67. The molecule has 170 valence electrons. The SMILES string of the molecule is CC1CC(C)C(O)C(C)C(O)C(C)C(=O)OC(CCCCl)C(C)C(O)C(C)C1=O. The molecule has 0 bridgehead atoms. The number of ketones is 1. The van der Waals surface area contributed by atoms with E-state index in [1.807, 2.05) is 6.92 Å². The van der Waals surface area contributed by atoms with E-state index in [4.69, 9.17) is 16.3 Å². The van der Waals surface area contributed by atoms with Crippen molar-refractivity contribution in [3.05, 3.63) is 0 Å². The average molecular weight is 435 g/mol. The van der Waals surface area contributed by atoms with Gasteiger partial charge in [0.25, 0.3) is 0 Å². The number of carbonyl (C=O) groups excluding carboxylic acids is 2. The molecule has 1 saturated heterocycles. The number of halogens is 1. The number of hydrogen-bond donors (Lipinski definition) is 3. The summed E-state index contributed by atoms with van der Waals surface area (Å²) >= 11 is 5.81. The van der Waals surface area contributed by atoms with Gasteiger partial charge in [-0.25, -0.2) is 0 Å². The van der Waals surface area contributed by atoms with Crippen molar-refractivity contribution < 1.29 is 29.6 Å². The Bertz CT molecular complexity index is 541. The van der Waals surface area contributed by atoms with Crippen molar-refractivity contribution in [2.24, 2.45) is 35.5 Å². The van der Waals surface area contributed by atoms with E-state index in [2.05, 4.69) is 0 Å². The van der Waals surface area contributed by atoms with Crippen LogP contribution in [0.25, 0.3) is 0 Å². The number of aliphatic hydroxyl groups excluding tert-OH is 3. The second kappa shape index (κ2) is 11.6. The third-order valence-electron chi connectivity index (χ3n) is 6.73. The number of Topliss-reactive ketones (excluding diaryl/α,β-unsaturated/α-hetero) is 1. The Morgan fingerprint density at radius 2 is 1.45 bits per heavy atom. The molecule has 29 heavy (non-hydrogen) atoms. The van der Waals surface area contributed by atoms with Crippen molar-refractivity contribution in [1.29, 1.82) is 0 Å². The van der Waals surface area contributed by atoms with Gasteiger partial charge in [0.15, 0.2) is 0 Å². The van der Waals surface area contributed by atoms with Crippen molar-refractivity contribution in [2.75, 3.05) is 5.88 Å². The number of esters is 1. The minimum atomic E-state index is -1.08. The molecule has 3 N–H and O–H groups in total. The molecule has 1 fully saturated rings. The van der Waals surface area contributed by atoms with Gasteiger partial charge in [0.2, 0.25) is 0 Å². The van der Waals surface area contributed by atoms with Crippen LogP contribution in [0.5, 0.6) is 0 Å². The summed E-state index contributed by atoms with van der Waals surface area (Å²) in [5.41, 5.74) is 0. The van der Waals surface area contributed by atoms with Crippen molar-refractivity contribution in [3.8, 4) is 0 Å². The quantitative estimate of drug-likeness (QED) is 0.466. The molecule has 0 amide bonds. The maximum Gasteiger partial charge on any atom is 0.311 e. The number of cyclic esters (lactones) is 1. The highest BCUT2D eigenvalue weighted by Gasteiger charge is 2.40. The summed E-state index contributed by atoms with van der Waals surface area (Å²) in [7, 11) is 0. The van der Waals surface area contributed by atoms with Gasteiger partial charge in [-0.1, -0.05) is 34.6 Å². The molecule has 1 aliphatic rings. The van der Waals surface area contributed by atoms with Gasteiger partial charge in [0, 0.05) is 29.6 Å².